The zero-order valence-corrected chi connectivity index (χ0v) is 55.9. The fourth-order valence-corrected chi connectivity index (χ4v) is 9.71. The molecular formula is C63H97N17O18. The summed E-state index contributed by atoms with van der Waals surface area (Å²) in [6, 6.07) is -3.14. The Kier molecular flexibility index (Phi) is 34.9. The van der Waals surface area contributed by atoms with E-state index in [1.807, 2.05) is 0 Å². The minimum Gasteiger partial charge on any atom is -0.481 e. The number of aromatic nitrogens is 1. The molecule has 25 N–H and O–H groups in total. The van der Waals surface area contributed by atoms with E-state index < -0.39 is 193 Å². The second kappa shape index (κ2) is 41.4. The van der Waals surface area contributed by atoms with Gasteiger partial charge in [-0.25, -0.2) is 0 Å². The molecule has 0 saturated heterocycles. The number of carboxylic acids is 2. The molecule has 3 aromatic rings. The lowest BCUT2D eigenvalue weighted by Crippen LogP contribution is -2.62. The van der Waals surface area contributed by atoms with Crippen molar-refractivity contribution >= 4 is 93.7 Å². The predicted octanol–water partition coefficient (Wildman–Crippen LogP) is -6.30. The number of aliphatic hydroxyl groups is 2. The Morgan fingerprint density at radius 1 is 0.459 bits per heavy atom. The van der Waals surface area contributed by atoms with Gasteiger partial charge in [0.1, 0.15) is 66.5 Å². The van der Waals surface area contributed by atoms with Crippen molar-refractivity contribution in [2.45, 2.75) is 166 Å². The van der Waals surface area contributed by atoms with Gasteiger partial charge in [-0.15, -0.1) is 0 Å². The van der Waals surface area contributed by atoms with E-state index in [-0.39, 0.29) is 57.7 Å². The Morgan fingerprint density at radius 2 is 0.888 bits per heavy atom. The topological polar surface area (TPSA) is 584 Å². The molecule has 35 nitrogen and oxygen atoms in total. The van der Waals surface area contributed by atoms with Gasteiger partial charge in [0.2, 0.25) is 70.9 Å². The van der Waals surface area contributed by atoms with Gasteiger partial charge in [0.05, 0.1) is 32.2 Å². The predicted molar refractivity (Wildman–Crippen MR) is 354 cm³/mol. The molecule has 12 amide bonds. The summed E-state index contributed by atoms with van der Waals surface area (Å²) >= 11 is 0. The van der Waals surface area contributed by atoms with E-state index in [9.17, 15) is 87.5 Å². The number of fused-ring (bicyclic) bond motifs is 1. The van der Waals surface area contributed by atoms with Crippen molar-refractivity contribution in [1.29, 1.82) is 0 Å². The first-order valence-electron chi connectivity index (χ1n) is 32.1. The van der Waals surface area contributed by atoms with Crippen molar-refractivity contribution in [3.8, 4) is 0 Å². The number of hydrogen-bond acceptors (Lipinski definition) is 20. The smallest absolute Gasteiger partial charge is 0.325 e. The molecule has 0 radical (unpaired) electrons. The molecule has 13 atom stereocenters. The van der Waals surface area contributed by atoms with Gasteiger partial charge < -0.3 is 112 Å². The summed E-state index contributed by atoms with van der Waals surface area (Å²) in [5.41, 5.74) is 24.9. The molecule has 1 heterocycles. The molecule has 0 unspecified atom stereocenters. The number of benzene rings is 2. The van der Waals surface area contributed by atoms with E-state index in [0.717, 1.165) is 0 Å². The number of aromatic amines is 1. The SMILES string of the molecule is CC[C@H](C)[C@@H](NC(=O)[C@@H](NC(=O)[C@H](CC(=O)O)NC(=O)[C@H](Cc1ccccc1)NC(=O)[C@@H](CCN)NC(=O)[C@H](CCN)NC(=O)[C@H](CO)NC(=O)[C@@H](Cc1c[nH]c2ccccc12)NC(=O)[C@@H](CO)NC(=O)CNC(=O)[C@@H](CCN)NC(=O)[C@H](N)C(C)C)C(C)C)C(=O)N[C@@H](C)C(=O)O. The summed E-state index contributed by atoms with van der Waals surface area (Å²) in [5.74, 6) is -16.3. The first-order chi connectivity index (χ1) is 46.3. The highest BCUT2D eigenvalue weighted by Crippen LogP contribution is 2.20. The summed E-state index contributed by atoms with van der Waals surface area (Å²) in [7, 11) is 0. The summed E-state index contributed by atoms with van der Waals surface area (Å²) < 4.78 is 0. The van der Waals surface area contributed by atoms with Gasteiger partial charge in [-0.05, 0) is 80.8 Å². The zero-order chi connectivity index (χ0) is 73.5. The van der Waals surface area contributed by atoms with Gasteiger partial charge in [-0.3, -0.25) is 67.1 Å². The third-order valence-corrected chi connectivity index (χ3v) is 15.8. The number of nitrogens with one attached hydrogen (secondary N) is 13. The molecule has 0 bridgehead atoms. The van der Waals surface area contributed by atoms with Crippen LogP contribution in [0, 0.1) is 17.8 Å². The van der Waals surface area contributed by atoms with Gasteiger partial charge in [-0.1, -0.05) is 96.5 Å². The molecule has 98 heavy (non-hydrogen) atoms. The number of amides is 12. The lowest BCUT2D eigenvalue weighted by molar-refractivity contribution is -0.142. The Bertz CT molecular complexity index is 3220. The molecule has 3 rings (SSSR count). The first kappa shape index (κ1) is 82.6. The highest BCUT2D eigenvalue weighted by Gasteiger charge is 2.38. The molecule has 0 aliphatic rings. The van der Waals surface area contributed by atoms with Crippen LogP contribution in [0.3, 0.4) is 0 Å². The minimum atomic E-state index is -1.90. The molecule has 0 spiro atoms. The Morgan fingerprint density at radius 3 is 1.39 bits per heavy atom. The van der Waals surface area contributed by atoms with Crippen LogP contribution in [0.2, 0.25) is 0 Å². The fraction of sp³-hybridized carbons (Fsp3) is 0.556. The van der Waals surface area contributed by atoms with Crippen LogP contribution in [0.25, 0.3) is 10.9 Å². The first-order valence-corrected chi connectivity index (χ1v) is 32.1. The number of nitrogens with two attached hydrogens (primary N) is 4. The highest BCUT2D eigenvalue weighted by molar-refractivity contribution is 6.00. The molecule has 0 aliphatic heterocycles. The van der Waals surface area contributed by atoms with Crippen LogP contribution < -0.4 is 86.7 Å². The summed E-state index contributed by atoms with van der Waals surface area (Å²) in [5, 5.41) is 69.7. The maximum absolute atomic E-state index is 14.4. The zero-order valence-electron chi connectivity index (χ0n) is 55.9. The Balaban J connectivity index is 1.86. The number of carboxylic acid groups (broad SMARTS) is 2. The maximum Gasteiger partial charge on any atom is 0.325 e. The molecule has 0 fully saturated rings. The quantitative estimate of drug-likeness (QED) is 0.0251. The minimum absolute atomic E-state index is 0.0246. The lowest BCUT2D eigenvalue weighted by Gasteiger charge is -2.30. The fourth-order valence-electron chi connectivity index (χ4n) is 9.71. The number of carbonyl (C=O) groups excluding carboxylic acids is 12. The number of H-pyrrole nitrogens is 1. The third kappa shape index (κ3) is 26.4. The summed E-state index contributed by atoms with van der Waals surface area (Å²) in [4.78, 5) is 192. The average molecular weight is 1380 g/mol. The van der Waals surface area contributed by atoms with Crippen LogP contribution in [-0.2, 0) is 80.0 Å². The number of aliphatic carboxylic acids is 2. The molecule has 0 saturated carbocycles. The number of rotatable bonds is 43. The van der Waals surface area contributed by atoms with Crippen LogP contribution in [0.1, 0.15) is 91.7 Å². The maximum atomic E-state index is 14.4. The van der Waals surface area contributed by atoms with Gasteiger partial charge in [0.15, 0.2) is 0 Å². The summed E-state index contributed by atoms with van der Waals surface area (Å²) in [6.45, 7) is 7.60. The van der Waals surface area contributed by atoms with E-state index in [2.05, 4.69) is 68.8 Å². The molecule has 1 aromatic heterocycles. The Labute approximate surface area is 566 Å². The van der Waals surface area contributed by atoms with Crippen molar-refractivity contribution in [2.24, 2.45) is 40.7 Å². The molecule has 35 heteroatoms. The molecule has 0 aliphatic carbocycles. The van der Waals surface area contributed by atoms with E-state index in [1.54, 1.807) is 88.5 Å². The third-order valence-electron chi connectivity index (χ3n) is 15.8. The van der Waals surface area contributed by atoms with E-state index >= 15 is 0 Å². The van der Waals surface area contributed by atoms with Gasteiger partial charge in [0.25, 0.3) is 0 Å². The van der Waals surface area contributed by atoms with Gasteiger partial charge >= 0.3 is 11.9 Å². The van der Waals surface area contributed by atoms with Crippen LogP contribution in [0.5, 0.6) is 0 Å². The van der Waals surface area contributed by atoms with Crippen LogP contribution in [-0.4, -0.2) is 220 Å². The second-order valence-corrected chi connectivity index (χ2v) is 24.2. The van der Waals surface area contributed by atoms with Crippen molar-refractivity contribution in [1.82, 2.24) is 68.8 Å². The molecule has 2 aromatic carbocycles. The van der Waals surface area contributed by atoms with Crippen molar-refractivity contribution in [2.75, 3.05) is 39.4 Å². The standard InChI is InChI=1S/C63H97N17O18/c1-8-33(6)51(62(96)70-34(7)63(97)98)80-61(95)50(32(4)5)79-57(91)44(26-48(84)85)77-55(89)42(24-35-14-10-9-11-15-35)75-54(88)41(20-23-66)72-53(87)40(19-22-65)73-59(93)46(30-82)78-56(90)43(25-36-27-68-38-17-13-12-16-37(36)38)76-58(92)45(29-81)71-47(83)28-69-52(86)39(18-21-64)74-60(94)49(67)31(2)3/h9-17,27,31-34,39-46,49-51,68,81-82H,8,18-26,28-30,64-67H2,1-7H3,(H,69,86)(H,70,96)(H,71,83)(H,72,87)(H,73,93)(H,74,94)(H,75,88)(H,76,92)(H,77,89)(H,78,90)(H,79,91)(H,80,95)(H,84,85)(H,97,98)/t33-,34-,39+,40-,41+,42-,43+,44-,45+,46-,49+,50-,51+/m0/s1. The lowest BCUT2D eigenvalue weighted by atomic mass is 9.96. The highest BCUT2D eigenvalue weighted by atomic mass is 16.4. The largest absolute Gasteiger partial charge is 0.481 e. The number of hydrogen-bond donors (Lipinski definition) is 21. The number of aliphatic hydroxyl groups excluding tert-OH is 2. The molecule has 542 valence electrons. The van der Waals surface area contributed by atoms with Crippen LogP contribution in [0.15, 0.2) is 60.8 Å². The van der Waals surface area contributed by atoms with E-state index in [1.165, 1.54) is 20.8 Å². The van der Waals surface area contributed by atoms with Crippen LogP contribution in [0.4, 0.5) is 0 Å². The normalized spacial score (nSPS) is 15.2. The summed E-state index contributed by atoms with van der Waals surface area (Å²) in [6.07, 6.45) is -0.377. The number of carbonyl (C=O) groups is 14. The van der Waals surface area contributed by atoms with Crippen molar-refractivity contribution < 1.29 is 87.5 Å². The van der Waals surface area contributed by atoms with Crippen molar-refractivity contribution in [3.05, 3.63) is 71.9 Å². The Hall–Kier alpha value is -9.68. The van der Waals surface area contributed by atoms with Gasteiger partial charge in [-0.2, -0.15) is 0 Å². The van der Waals surface area contributed by atoms with Gasteiger partial charge in [0, 0.05) is 29.9 Å². The van der Waals surface area contributed by atoms with Crippen LogP contribution >= 0.6 is 0 Å². The van der Waals surface area contributed by atoms with Crippen molar-refractivity contribution in [3.63, 3.8) is 0 Å². The average Bonchev–Trinajstić information content (AvgIpc) is 1.58. The second-order valence-electron chi connectivity index (χ2n) is 24.2. The molecular weight excluding hydrogens is 1280 g/mol. The monoisotopic (exact) mass is 1380 g/mol. The van der Waals surface area contributed by atoms with E-state index in [4.69, 9.17) is 22.9 Å². The van der Waals surface area contributed by atoms with E-state index in [0.29, 0.717) is 28.5 Å². The number of para-hydroxylation sites is 1.